The minimum atomic E-state index is -1.50. The highest BCUT2D eigenvalue weighted by atomic mass is 16.4. The Labute approximate surface area is 225 Å². The molecule has 17 heteroatoms. The predicted molar refractivity (Wildman–Crippen MR) is 137 cm³/mol. The monoisotopic (exact) mass is 560 g/mol. The Balaban J connectivity index is 5.45. The van der Waals surface area contributed by atoms with Crippen LogP contribution in [0.25, 0.3) is 0 Å². The zero-order valence-electron chi connectivity index (χ0n) is 22.0. The van der Waals surface area contributed by atoms with Gasteiger partial charge in [0.15, 0.2) is 0 Å². The topological polar surface area (TPSA) is 298 Å². The van der Waals surface area contributed by atoms with Crippen LogP contribution in [0, 0.1) is 5.92 Å². The molecule has 0 radical (unpaired) electrons. The minimum Gasteiger partial charge on any atom is -0.481 e. The fourth-order valence-corrected chi connectivity index (χ4v) is 3.31. The van der Waals surface area contributed by atoms with Gasteiger partial charge in [-0.2, -0.15) is 0 Å². The summed E-state index contributed by atoms with van der Waals surface area (Å²) < 4.78 is 0. The zero-order valence-corrected chi connectivity index (χ0v) is 22.0. The Morgan fingerprint density at radius 3 is 1.67 bits per heavy atom. The number of aliphatic carboxylic acids is 2. The van der Waals surface area contributed by atoms with Gasteiger partial charge in [0, 0.05) is 19.5 Å². The van der Waals surface area contributed by atoms with Gasteiger partial charge in [0.2, 0.25) is 17.7 Å². The van der Waals surface area contributed by atoms with Crippen molar-refractivity contribution < 1.29 is 43.8 Å². The first-order valence-electron chi connectivity index (χ1n) is 12.3. The molecule has 39 heavy (non-hydrogen) atoms. The van der Waals surface area contributed by atoms with Crippen molar-refractivity contribution in [2.75, 3.05) is 13.1 Å². The predicted octanol–water partition coefficient (Wildman–Crippen LogP) is -2.73. The number of nitrogens with one attached hydrogen (secondary N) is 5. The van der Waals surface area contributed by atoms with Crippen molar-refractivity contribution in [2.45, 2.75) is 76.5 Å². The van der Waals surface area contributed by atoms with E-state index in [0.717, 1.165) is 0 Å². The van der Waals surface area contributed by atoms with Crippen LogP contribution < -0.4 is 43.8 Å². The molecule has 0 rings (SSSR count). The smallest absolute Gasteiger partial charge is 0.326 e. The summed E-state index contributed by atoms with van der Waals surface area (Å²) in [6.07, 6.45) is -0.132. The third kappa shape index (κ3) is 15.6. The number of urea groups is 2. The third-order valence-corrected chi connectivity index (χ3v) is 5.44. The summed E-state index contributed by atoms with van der Waals surface area (Å²) in [6, 6.07) is -6.44. The highest BCUT2D eigenvalue weighted by Crippen LogP contribution is 2.08. The molecule has 7 amide bonds. The van der Waals surface area contributed by atoms with Gasteiger partial charge in [-0.3, -0.25) is 19.2 Å². The van der Waals surface area contributed by atoms with Crippen LogP contribution in [0.1, 0.15) is 52.4 Å². The van der Waals surface area contributed by atoms with Crippen LogP contribution >= 0.6 is 0 Å². The van der Waals surface area contributed by atoms with Crippen LogP contribution in [-0.2, 0) is 24.0 Å². The number of carboxylic acids is 2. The van der Waals surface area contributed by atoms with Crippen molar-refractivity contribution in [1.82, 2.24) is 26.6 Å². The van der Waals surface area contributed by atoms with E-state index in [1.807, 2.05) is 0 Å². The summed E-state index contributed by atoms with van der Waals surface area (Å²) in [5, 5.41) is 30.1. The van der Waals surface area contributed by atoms with E-state index >= 15 is 0 Å². The molecule has 0 heterocycles. The number of nitrogens with two attached hydrogens (primary N) is 3. The van der Waals surface area contributed by atoms with Gasteiger partial charge in [-0.25, -0.2) is 14.4 Å². The second-order valence-electron chi connectivity index (χ2n) is 9.10. The number of amides is 7. The molecule has 13 N–H and O–H groups in total. The molecule has 0 unspecified atom stereocenters. The maximum atomic E-state index is 13.1. The molecular formula is C22H40N8O9. The van der Waals surface area contributed by atoms with Gasteiger partial charge >= 0.3 is 24.0 Å². The first-order valence-corrected chi connectivity index (χ1v) is 12.3. The number of hydrogen-bond donors (Lipinski definition) is 10. The molecule has 0 aliphatic heterocycles. The minimum absolute atomic E-state index is 0.0244. The summed E-state index contributed by atoms with van der Waals surface area (Å²) in [7, 11) is 0. The molecule has 0 bridgehead atoms. The van der Waals surface area contributed by atoms with Crippen molar-refractivity contribution in [3.8, 4) is 0 Å². The number of rotatable bonds is 19. The molecule has 0 saturated heterocycles. The van der Waals surface area contributed by atoms with Crippen LogP contribution in [0.2, 0.25) is 0 Å². The van der Waals surface area contributed by atoms with Gasteiger partial charge in [0.05, 0.1) is 6.04 Å². The van der Waals surface area contributed by atoms with E-state index in [1.54, 1.807) is 13.8 Å². The molecule has 0 spiro atoms. The SMILES string of the molecule is CC(C)[C@H](NC(=O)[C@H](CCCNC(N)=O)NC(=O)[C@@H](N)CCCNC(N)=O)C(=O)N[C@@H](CCC(=O)O)C(=O)O. The summed E-state index contributed by atoms with van der Waals surface area (Å²) in [5.74, 6) is -5.49. The van der Waals surface area contributed by atoms with Crippen molar-refractivity contribution >= 4 is 41.7 Å². The summed E-state index contributed by atoms with van der Waals surface area (Å²) in [6.45, 7) is 3.47. The van der Waals surface area contributed by atoms with Gasteiger partial charge < -0.3 is 54.0 Å². The Morgan fingerprint density at radius 2 is 1.21 bits per heavy atom. The number of hydrogen-bond acceptors (Lipinski definition) is 8. The van der Waals surface area contributed by atoms with Crippen LogP contribution in [0.5, 0.6) is 0 Å². The highest BCUT2D eigenvalue weighted by molar-refractivity contribution is 5.94. The van der Waals surface area contributed by atoms with Crippen LogP contribution in [-0.4, -0.2) is 89.2 Å². The lowest BCUT2D eigenvalue weighted by Gasteiger charge is -2.27. The van der Waals surface area contributed by atoms with E-state index in [4.69, 9.17) is 22.3 Å². The largest absolute Gasteiger partial charge is 0.481 e. The molecule has 0 aliphatic rings. The third-order valence-electron chi connectivity index (χ3n) is 5.44. The lowest BCUT2D eigenvalue weighted by Crippen LogP contribution is -2.58. The number of carboxylic acid groups (broad SMARTS) is 2. The van der Waals surface area contributed by atoms with Crippen molar-refractivity contribution in [3.63, 3.8) is 0 Å². The average Bonchev–Trinajstić information content (AvgIpc) is 2.83. The molecule has 222 valence electrons. The van der Waals surface area contributed by atoms with Gasteiger partial charge in [0.1, 0.15) is 18.1 Å². The second kappa shape index (κ2) is 18.2. The Morgan fingerprint density at radius 1 is 0.692 bits per heavy atom. The molecule has 0 aliphatic carbocycles. The number of carbonyl (C=O) groups excluding carboxylic acids is 5. The molecule has 0 aromatic rings. The van der Waals surface area contributed by atoms with Crippen molar-refractivity contribution in [1.29, 1.82) is 0 Å². The maximum absolute atomic E-state index is 13.1. The molecule has 0 saturated carbocycles. The zero-order chi connectivity index (χ0) is 30.1. The van der Waals surface area contributed by atoms with Crippen molar-refractivity contribution in [3.05, 3.63) is 0 Å². The van der Waals surface area contributed by atoms with E-state index in [1.165, 1.54) is 0 Å². The van der Waals surface area contributed by atoms with E-state index in [0.29, 0.717) is 6.42 Å². The molecule has 0 aromatic carbocycles. The molecule has 0 fully saturated rings. The van der Waals surface area contributed by atoms with Crippen LogP contribution in [0.3, 0.4) is 0 Å². The number of carbonyl (C=O) groups is 7. The summed E-state index contributed by atoms with van der Waals surface area (Å²) in [5.41, 5.74) is 15.9. The fraction of sp³-hybridized carbons (Fsp3) is 0.682. The molecule has 0 aromatic heterocycles. The standard InChI is InChI=1S/C22H40N8O9/c1-11(2)16(19(35)29-14(20(36)37)7-8-15(31)32)30-18(34)13(6-4-10-27-22(25)39)28-17(33)12(23)5-3-9-26-21(24)38/h11-14,16H,3-10,23H2,1-2H3,(H,28,33)(H,29,35)(H,30,34)(H,31,32)(H,36,37)(H3,24,26,38)(H3,25,27,39)/t12-,13-,14-,16-/m0/s1. The first kappa shape index (κ1) is 34.9. The lowest BCUT2D eigenvalue weighted by molar-refractivity contribution is -0.143. The quantitative estimate of drug-likeness (QED) is 0.0727. The lowest BCUT2D eigenvalue weighted by atomic mass is 10.0. The van der Waals surface area contributed by atoms with Gasteiger partial charge in [-0.05, 0) is 38.0 Å². The molecular weight excluding hydrogens is 520 g/mol. The second-order valence-corrected chi connectivity index (χ2v) is 9.10. The van der Waals surface area contributed by atoms with E-state index in [-0.39, 0.29) is 38.8 Å². The van der Waals surface area contributed by atoms with E-state index in [2.05, 4.69) is 26.6 Å². The van der Waals surface area contributed by atoms with Gasteiger partial charge in [-0.15, -0.1) is 0 Å². The Hall–Kier alpha value is -4.15. The Kier molecular flexibility index (Phi) is 16.2. The molecule has 4 atom stereocenters. The highest BCUT2D eigenvalue weighted by Gasteiger charge is 2.32. The Bertz CT molecular complexity index is 884. The van der Waals surface area contributed by atoms with E-state index < -0.39 is 78.2 Å². The normalized spacial score (nSPS) is 13.7. The van der Waals surface area contributed by atoms with Crippen LogP contribution in [0.15, 0.2) is 0 Å². The summed E-state index contributed by atoms with van der Waals surface area (Å²) in [4.78, 5) is 82.5. The fourth-order valence-electron chi connectivity index (χ4n) is 3.31. The van der Waals surface area contributed by atoms with Gasteiger partial charge in [0.25, 0.3) is 0 Å². The molecule has 17 nitrogen and oxygen atoms in total. The number of primary amides is 2. The van der Waals surface area contributed by atoms with Crippen LogP contribution in [0.4, 0.5) is 9.59 Å². The van der Waals surface area contributed by atoms with Crippen molar-refractivity contribution in [2.24, 2.45) is 23.1 Å². The first-order chi connectivity index (χ1) is 18.1. The summed E-state index contributed by atoms with van der Waals surface area (Å²) >= 11 is 0. The average molecular weight is 561 g/mol. The van der Waals surface area contributed by atoms with Gasteiger partial charge in [-0.1, -0.05) is 13.8 Å². The maximum Gasteiger partial charge on any atom is 0.326 e. The van der Waals surface area contributed by atoms with E-state index in [9.17, 15) is 38.7 Å².